The second-order valence-corrected chi connectivity index (χ2v) is 24.8. The third kappa shape index (κ3) is 6.86. The molecule has 4 aliphatic heterocycles. The first kappa shape index (κ1) is 44.4. The molecule has 0 N–H and O–H groups in total. The number of nitrogens with zero attached hydrogens (tertiary/aromatic N) is 4. The summed E-state index contributed by atoms with van der Waals surface area (Å²) in [5.41, 5.74) is 28.0. The molecule has 0 bridgehead atoms. The van der Waals surface area contributed by atoms with Gasteiger partial charge in [-0.3, -0.25) is 0 Å². The molecule has 4 aliphatic rings. The Labute approximate surface area is 408 Å². The fourth-order valence-electron chi connectivity index (χ4n) is 11.4. The maximum absolute atomic E-state index is 2.70. The van der Waals surface area contributed by atoms with Crippen LogP contribution in [-0.4, -0.2) is 14.0 Å². The maximum Gasteiger partial charge on any atom is 0.421 e. The van der Waals surface area contributed by atoms with Gasteiger partial charge in [-0.15, -0.1) is 0 Å². The molecule has 0 spiro atoms. The highest BCUT2D eigenvalue weighted by atomic mass is 15.3. The van der Waals surface area contributed by atoms with Crippen molar-refractivity contribution in [2.45, 2.75) is 132 Å². The summed E-state index contributed by atoms with van der Waals surface area (Å²) in [5, 5.41) is 0. The van der Waals surface area contributed by atoms with Gasteiger partial charge >= 0.3 is 14.0 Å². The van der Waals surface area contributed by atoms with E-state index in [-0.39, 0.29) is 35.6 Å². The Balaban J connectivity index is 1.27. The highest BCUT2D eigenvalue weighted by molar-refractivity contribution is 6.88. The van der Waals surface area contributed by atoms with Gasteiger partial charge in [-0.1, -0.05) is 166 Å². The van der Waals surface area contributed by atoms with E-state index in [4.69, 9.17) is 0 Å². The van der Waals surface area contributed by atoms with Gasteiger partial charge in [-0.05, 0) is 154 Å². The summed E-state index contributed by atoms with van der Waals surface area (Å²) in [7, 11) is 0. The van der Waals surface area contributed by atoms with Crippen LogP contribution in [0.4, 0.5) is 45.5 Å². The SMILES string of the molecule is Cc1ccc2c(c1)-c1cc(C)ccc1N1B2N(c2cc(C(C)(C)C)cc(C(C)(C)C)c2)c2cc3c(cc21)N(c1cc(C(C)(C)C)cc(C(C)(C)C)c1)B1c2ccc(C)cc2-c2cc(C)ccc2N13. The van der Waals surface area contributed by atoms with E-state index < -0.39 is 0 Å². The molecule has 0 aromatic heterocycles. The van der Waals surface area contributed by atoms with Gasteiger partial charge in [0.15, 0.2) is 0 Å². The van der Waals surface area contributed by atoms with Crippen molar-refractivity contribution in [2.24, 2.45) is 0 Å². The Hall–Kier alpha value is -6.13. The molecule has 7 aromatic rings. The molecule has 68 heavy (non-hydrogen) atoms. The number of aryl methyl sites for hydroxylation is 4. The number of hydrogen-bond donors (Lipinski definition) is 0. The molecule has 0 radical (unpaired) electrons. The average Bonchev–Trinajstić information content (AvgIpc) is 3.77. The summed E-state index contributed by atoms with van der Waals surface area (Å²) in [6, 6.07) is 48.5. The summed E-state index contributed by atoms with van der Waals surface area (Å²) in [4.78, 5) is 10.8. The Bertz CT molecular complexity index is 2980. The van der Waals surface area contributed by atoms with E-state index in [1.807, 2.05) is 0 Å². The van der Waals surface area contributed by atoms with Crippen molar-refractivity contribution in [1.29, 1.82) is 0 Å². The van der Waals surface area contributed by atoms with Crippen LogP contribution < -0.4 is 30.2 Å². The zero-order valence-electron chi connectivity index (χ0n) is 43.5. The minimum Gasteiger partial charge on any atom is -0.360 e. The molecule has 4 nitrogen and oxygen atoms in total. The monoisotopic (exact) mass is 891 g/mol. The lowest BCUT2D eigenvalue weighted by atomic mass is 9.58. The fourth-order valence-corrected chi connectivity index (χ4v) is 11.4. The molecule has 0 fully saturated rings. The lowest BCUT2D eigenvalue weighted by Crippen LogP contribution is -2.56. The molecule has 0 saturated carbocycles. The average molecular weight is 891 g/mol. The maximum atomic E-state index is 2.70. The van der Waals surface area contributed by atoms with E-state index in [1.165, 1.54) is 123 Å². The number of hydrogen-bond acceptors (Lipinski definition) is 4. The van der Waals surface area contributed by atoms with Crippen LogP contribution >= 0.6 is 0 Å². The molecule has 0 unspecified atom stereocenters. The Morgan fingerprint density at radius 3 is 0.868 bits per heavy atom. The van der Waals surface area contributed by atoms with Crippen LogP contribution in [-0.2, 0) is 21.7 Å². The minimum absolute atomic E-state index is 0.0511. The highest BCUT2D eigenvalue weighted by Crippen LogP contribution is 2.60. The van der Waals surface area contributed by atoms with Crippen LogP contribution in [0.25, 0.3) is 22.3 Å². The van der Waals surface area contributed by atoms with Crippen molar-refractivity contribution < 1.29 is 0 Å². The van der Waals surface area contributed by atoms with Crippen LogP contribution in [0.3, 0.4) is 0 Å². The normalized spacial score (nSPS) is 14.9. The molecule has 11 rings (SSSR count). The molecule has 342 valence electrons. The zero-order chi connectivity index (χ0) is 48.3. The smallest absolute Gasteiger partial charge is 0.360 e. The van der Waals surface area contributed by atoms with E-state index in [0.717, 1.165) is 0 Å². The number of anilines is 8. The quantitative estimate of drug-likeness (QED) is 0.160. The largest absolute Gasteiger partial charge is 0.421 e. The Morgan fingerprint density at radius 2 is 0.559 bits per heavy atom. The molecule has 6 heteroatoms. The van der Waals surface area contributed by atoms with E-state index in [0.29, 0.717) is 0 Å². The first-order valence-corrected chi connectivity index (χ1v) is 25.0. The van der Waals surface area contributed by atoms with Crippen molar-refractivity contribution in [1.82, 2.24) is 0 Å². The second-order valence-electron chi connectivity index (χ2n) is 24.8. The van der Waals surface area contributed by atoms with Gasteiger partial charge in [0.05, 0.1) is 22.7 Å². The Morgan fingerprint density at radius 1 is 0.279 bits per heavy atom. The minimum atomic E-state index is -0.109. The molecule has 0 atom stereocenters. The van der Waals surface area contributed by atoms with Crippen molar-refractivity contribution in [3.8, 4) is 22.3 Å². The molecule has 0 saturated heterocycles. The van der Waals surface area contributed by atoms with Crippen LogP contribution in [0.2, 0.25) is 0 Å². The van der Waals surface area contributed by atoms with E-state index in [9.17, 15) is 0 Å². The molecule has 7 aromatic carbocycles. The van der Waals surface area contributed by atoms with Crippen LogP contribution in [0.15, 0.2) is 121 Å². The molecule has 4 heterocycles. The van der Waals surface area contributed by atoms with Crippen molar-refractivity contribution in [2.75, 3.05) is 19.2 Å². The van der Waals surface area contributed by atoms with E-state index in [2.05, 4.69) is 251 Å². The lowest BCUT2D eigenvalue weighted by molar-refractivity contribution is 0.568. The predicted octanol–water partition coefficient (Wildman–Crippen LogP) is 15.4. The number of benzene rings is 7. The highest BCUT2D eigenvalue weighted by Gasteiger charge is 2.53. The number of rotatable bonds is 2. The van der Waals surface area contributed by atoms with Gasteiger partial charge in [-0.25, -0.2) is 0 Å². The Kier molecular flexibility index (Phi) is 9.59. The van der Waals surface area contributed by atoms with Gasteiger partial charge in [-0.2, -0.15) is 0 Å². The van der Waals surface area contributed by atoms with Crippen molar-refractivity contribution in [3.05, 3.63) is 166 Å². The summed E-state index contributed by atoms with van der Waals surface area (Å²) in [6.45, 7) is 37.0. The van der Waals surface area contributed by atoms with Crippen molar-refractivity contribution >= 4 is 70.4 Å². The molecular formula is C62H68B2N4. The standard InChI is InChI=1S/C62H68B2N4/c1-37-17-21-51-47(25-37)49-27-39(3)19-23-53(49)67-57-36-56-58(35-55(57)65(63(51)67)45-31-41(59(5,6)7)29-42(32-45)60(8,9)10)68-54-24-20-40(4)28-50(54)48-26-38(2)18-22-52(48)64(68)66(56)46-33-43(61(11,12)13)30-44(34-46)62(14,15)16/h17-36H,1-16H3. The summed E-state index contributed by atoms with van der Waals surface area (Å²) < 4.78 is 0. The van der Waals surface area contributed by atoms with Gasteiger partial charge < -0.3 is 19.2 Å². The van der Waals surface area contributed by atoms with Gasteiger partial charge in [0.25, 0.3) is 0 Å². The third-order valence-electron chi connectivity index (χ3n) is 15.3. The van der Waals surface area contributed by atoms with Gasteiger partial charge in [0, 0.05) is 33.9 Å². The molecule has 0 amide bonds. The predicted molar refractivity (Wildman–Crippen MR) is 296 cm³/mol. The molecular weight excluding hydrogens is 822 g/mol. The van der Waals surface area contributed by atoms with Crippen LogP contribution in [0.5, 0.6) is 0 Å². The lowest BCUT2D eigenvalue weighted by Gasteiger charge is -2.38. The van der Waals surface area contributed by atoms with E-state index in [1.54, 1.807) is 0 Å². The van der Waals surface area contributed by atoms with Crippen LogP contribution in [0, 0.1) is 27.7 Å². The number of fused-ring (bicyclic) bond motifs is 16. The topological polar surface area (TPSA) is 13.0 Å². The third-order valence-corrected chi connectivity index (χ3v) is 15.3. The second kappa shape index (κ2) is 14.7. The summed E-state index contributed by atoms with van der Waals surface area (Å²) >= 11 is 0. The first-order chi connectivity index (χ1) is 31.9. The molecule has 0 aliphatic carbocycles. The van der Waals surface area contributed by atoms with Gasteiger partial charge in [0.2, 0.25) is 0 Å². The first-order valence-electron chi connectivity index (χ1n) is 25.0. The van der Waals surface area contributed by atoms with E-state index >= 15 is 0 Å². The zero-order valence-corrected chi connectivity index (χ0v) is 43.5. The van der Waals surface area contributed by atoms with Crippen molar-refractivity contribution in [3.63, 3.8) is 0 Å². The summed E-state index contributed by atoms with van der Waals surface area (Å²) in [6.07, 6.45) is 0. The fraction of sp³-hybridized carbons (Fsp3) is 0.323. The van der Waals surface area contributed by atoms with Gasteiger partial charge in [0.1, 0.15) is 0 Å². The summed E-state index contributed by atoms with van der Waals surface area (Å²) in [5.74, 6) is 0. The van der Waals surface area contributed by atoms with Crippen LogP contribution in [0.1, 0.15) is 128 Å².